The Labute approximate surface area is 122 Å². The van der Waals surface area contributed by atoms with Crippen LogP contribution >= 0.6 is 0 Å². The molecule has 17 heavy (non-hydrogen) atoms. The summed E-state index contributed by atoms with van der Waals surface area (Å²) in [6, 6.07) is 10.1. The predicted molar refractivity (Wildman–Crippen MR) is 56.5 cm³/mol. The summed E-state index contributed by atoms with van der Waals surface area (Å²) in [6.07, 6.45) is 0. The van der Waals surface area contributed by atoms with E-state index in [0.717, 1.165) is 13.1 Å². The van der Waals surface area contributed by atoms with Gasteiger partial charge < -0.3 is 10.1 Å². The van der Waals surface area contributed by atoms with E-state index in [1.807, 2.05) is 18.2 Å². The molecule has 0 saturated carbocycles. The minimum atomic E-state index is 0. The number of piperazine rings is 1. The quantitative estimate of drug-likeness (QED) is 0.273. The van der Waals surface area contributed by atoms with Crippen molar-refractivity contribution in [1.82, 2.24) is 5.01 Å². The molecule has 0 unspecified atom stereocenters. The van der Waals surface area contributed by atoms with E-state index >= 15 is 0 Å². The maximum atomic E-state index is 9.16. The molecule has 1 aliphatic heterocycles. The molecule has 0 spiro atoms. The molecule has 1 fully saturated rings. The van der Waals surface area contributed by atoms with Crippen molar-refractivity contribution in [1.29, 1.82) is 0 Å². The van der Waals surface area contributed by atoms with Gasteiger partial charge in [0.2, 0.25) is 0 Å². The molecule has 0 aliphatic carbocycles. The SMILES string of the molecule is ON=[N+](O)N1CCN(c2ccccc2)CC1.[Na+]. The van der Waals surface area contributed by atoms with Crippen molar-refractivity contribution in [2.24, 2.45) is 5.28 Å². The number of hydrogen-bond acceptors (Lipinski definition) is 2. The minimum absolute atomic E-state index is 0. The van der Waals surface area contributed by atoms with Crippen LogP contribution in [0.5, 0.6) is 0 Å². The van der Waals surface area contributed by atoms with Crippen LogP contribution in [0.15, 0.2) is 35.6 Å². The van der Waals surface area contributed by atoms with Crippen LogP contribution in [0.1, 0.15) is 0 Å². The molecule has 2 rings (SSSR count). The van der Waals surface area contributed by atoms with Crippen molar-refractivity contribution in [2.75, 3.05) is 31.1 Å². The Balaban J connectivity index is 0.00000144. The maximum absolute atomic E-state index is 9.16. The number of benzene rings is 1. The number of rotatable bonds is 2. The largest absolute Gasteiger partial charge is 1.00 e. The van der Waals surface area contributed by atoms with Crippen molar-refractivity contribution in [3.63, 3.8) is 0 Å². The topological polar surface area (TPSA) is 62.3 Å². The Bertz CT molecular complexity index is 366. The molecule has 86 valence electrons. The van der Waals surface area contributed by atoms with Crippen LogP contribution < -0.4 is 34.5 Å². The molecule has 0 amide bonds. The van der Waals surface area contributed by atoms with Crippen LogP contribution in [0.3, 0.4) is 0 Å². The fraction of sp³-hybridized carbons (Fsp3) is 0.400. The number of hydrazine groups is 1. The van der Waals surface area contributed by atoms with Gasteiger partial charge in [-0.15, -0.1) is 5.01 Å². The third kappa shape index (κ3) is 3.49. The van der Waals surface area contributed by atoms with Crippen molar-refractivity contribution >= 4 is 5.69 Å². The van der Waals surface area contributed by atoms with E-state index in [-0.39, 0.29) is 29.6 Å². The molecule has 0 radical (unpaired) electrons. The second-order valence-electron chi connectivity index (χ2n) is 3.63. The maximum Gasteiger partial charge on any atom is 1.00 e. The monoisotopic (exact) mass is 246 g/mol. The second-order valence-corrected chi connectivity index (χ2v) is 3.63. The van der Waals surface area contributed by atoms with Gasteiger partial charge in [0, 0.05) is 18.8 Å². The smallest absolute Gasteiger partial charge is 0.368 e. The molecule has 0 atom stereocenters. The standard InChI is InChI=1S/C10H14N4O2.Na/c15-11-14(16)13-8-6-12(7-9-13)10-4-2-1-3-5-10;/h1-5,16H,6-9H2;/q;+1/p+1. The van der Waals surface area contributed by atoms with Crippen LogP contribution in [0.2, 0.25) is 0 Å². The minimum Gasteiger partial charge on any atom is -0.368 e. The molecule has 7 heteroatoms. The Morgan fingerprint density at radius 1 is 1.06 bits per heavy atom. The van der Waals surface area contributed by atoms with Crippen LogP contribution in [-0.4, -0.2) is 46.6 Å². The fourth-order valence-corrected chi connectivity index (χ4v) is 1.83. The van der Waals surface area contributed by atoms with Crippen LogP contribution in [0.25, 0.3) is 0 Å². The molecule has 6 nitrogen and oxygen atoms in total. The predicted octanol–water partition coefficient (Wildman–Crippen LogP) is -2.03. The Hall–Kier alpha value is -0.980. The molecule has 1 aromatic carbocycles. The number of hydrogen-bond donors (Lipinski definition) is 2. The van der Waals surface area contributed by atoms with Gasteiger partial charge in [-0.1, -0.05) is 18.2 Å². The van der Waals surface area contributed by atoms with Crippen LogP contribution in [-0.2, 0) is 0 Å². The van der Waals surface area contributed by atoms with Crippen molar-refractivity contribution < 1.29 is 44.9 Å². The first-order valence-corrected chi connectivity index (χ1v) is 5.20. The molecule has 1 aromatic rings. The Kier molecular flexibility index (Phi) is 5.54. The summed E-state index contributed by atoms with van der Waals surface area (Å²) in [6.45, 7) is 2.82. The summed E-state index contributed by atoms with van der Waals surface area (Å²) in [5.74, 6) is 0. The van der Waals surface area contributed by atoms with E-state index in [1.165, 1.54) is 5.69 Å². The van der Waals surface area contributed by atoms with E-state index in [4.69, 9.17) is 10.4 Å². The zero-order valence-corrected chi connectivity index (χ0v) is 11.9. The third-order valence-electron chi connectivity index (χ3n) is 2.71. The van der Waals surface area contributed by atoms with Gasteiger partial charge in [-0.05, 0) is 12.1 Å². The summed E-state index contributed by atoms with van der Waals surface area (Å²) in [4.78, 5) is 2.71. The average Bonchev–Trinajstić information content (AvgIpc) is 2.39. The summed E-state index contributed by atoms with van der Waals surface area (Å²) in [5, 5.41) is 21.9. The van der Waals surface area contributed by atoms with Gasteiger partial charge >= 0.3 is 29.6 Å². The first-order valence-electron chi connectivity index (χ1n) is 5.20. The second kappa shape index (κ2) is 6.68. The van der Waals surface area contributed by atoms with Crippen LogP contribution in [0.4, 0.5) is 5.69 Å². The van der Waals surface area contributed by atoms with Crippen molar-refractivity contribution in [3.8, 4) is 0 Å². The van der Waals surface area contributed by atoms with Crippen molar-refractivity contribution in [3.05, 3.63) is 30.3 Å². The van der Waals surface area contributed by atoms with Gasteiger partial charge in [0.1, 0.15) is 0 Å². The molecular weight excluding hydrogens is 231 g/mol. The van der Waals surface area contributed by atoms with E-state index in [1.54, 1.807) is 5.01 Å². The summed E-state index contributed by atoms with van der Waals surface area (Å²) in [7, 11) is 0. The number of nitrogens with zero attached hydrogens (tertiary/aromatic N) is 4. The first-order chi connectivity index (χ1) is 7.81. The van der Waals surface area contributed by atoms with Gasteiger partial charge in [-0.2, -0.15) is 0 Å². The van der Waals surface area contributed by atoms with Gasteiger partial charge in [0.25, 0.3) is 10.2 Å². The van der Waals surface area contributed by atoms with Gasteiger partial charge in [-0.25, -0.2) is 5.21 Å². The number of anilines is 1. The van der Waals surface area contributed by atoms with E-state index in [0.29, 0.717) is 18.1 Å². The molecule has 0 aromatic heterocycles. The average molecular weight is 246 g/mol. The normalized spacial score (nSPS) is 16.6. The molecule has 0 bridgehead atoms. The van der Waals surface area contributed by atoms with Gasteiger partial charge in [0.05, 0.1) is 13.1 Å². The molecule has 1 aliphatic rings. The van der Waals surface area contributed by atoms with E-state index in [2.05, 4.69) is 22.3 Å². The molecular formula is C10H15N4NaO2+2. The summed E-state index contributed by atoms with van der Waals surface area (Å²) >= 11 is 0. The molecule has 1 heterocycles. The zero-order valence-electron chi connectivity index (χ0n) is 9.90. The first kappa shape index (κ1) is 14.1. The van der Waals surface area contributed by atoms with E-state index in [9.17, 15) is 0 Å². The fourth-order valence-electron chi connectivity index (χ4n) is 1.83. The molecule has 2 N–H and O–H groups in total. The molecule has 1 saturated heterocycles. The van der Waals surface area contributed by atoms with Gasteiger partial charge in [0.15, 0.2) is 0 Å². The number of para-hydroxylation sites is 1. The Morgan fingerprint density at radius 2 is 1.65 bits per heavy atom. The summed E-state index contributed by atoms with van der Waals surface area (Å²) in [5.41, 5.74) is 1.17. The zero-order chi connectivity index (χ0) is 11.4. The van der Waals surface area contributed by atoms with Crippen LogP contribution in [0, 0.1) is 0 Å². The Morgan fingerprint density at radius 3 is 2.18 bits per heavy atom. The van der Waals surface area contributed by atoms with E-state index < -0.39 is 0 Å². The summed E-state index contributed by atoms with van der Waals surface area (Å²) < 4.78 is 0. The van der Waals surface area contributed by atoms with Gasteiger partial charge in [-0.3, -0.25) is 0 Å². The van der Waals surface area contributed by atoms with Crippen molar-refractivity contribution in [2.45, 2.75) is 0 Å². The third-order valence-corrected chi connectivity index (χ3v) is 2.71.